The van der Waals surface area contributed by atoms with Crippen LogP contribution in [0.4, 0.5) is 0 Å². The topological polar surface area (TPSA) is 24.4 Å². The fourth-order valence-corrected chi connectivity index (χ4v) is 0.323. The molecule has 1 aliphatic heterocycles. The number of hydrogen-bond acceptors (Lipinski definition) is 2. The average Bonchev–Trinajstić information content (AvgIpc) is 1.76. The van der Waals surface area contributed by atoms with Crippen molar-refractivity contribution in [2.75, 3.05) is 13.1 Å². The van der Waals surface area contributed by atoms with E-state index >= 15 is 0 Å². The normalized spacial score (nSPS) is 16.0. The molecule has 0 atom stereocenters. The van der Waals surface area contributed by atoms with Gasteiger partial charge in [0.15, 0.2) is 0 Å². The monoisotopic (exact) mass is 106 g/mol. The molecule has 1 aliphatic rings. The predicted octanol–water partition coefficient (Wildman–Crippen LogP) is 0.0397. The molecular weight excluding hydrogens is 99.5 g/mol. The Morgan fingerprint density at radius 2 is 2.50 bits per heavy atom. The van der Waals surface area contributed by atoms with Crippen molar-refractivity contribution in [3.05, 3.63) is 0 Å². The molecule has 0 aromatic heterocycles. The Bertz CT molecular complexity index is 46.8. The van der Waals surface area contributed by atoms with Crippen LogP contribution < -0.4 is 5.32 Å². The molecule has 36 valence electrons. The molecule has 0 fully saturated rings. The first-order valence-corrected chi connectivity index (χ1v) is 1.72. The van der Waals surface area contributed by atoms with Crippen molar-refractivity contribution in [2.45, 2.75) is 0 Å². The molecule has 0 aliphatic carbocycles. The summed E-state index contributed by atoms with van der Waals surface area (Å²) in [5.41, 5.74) is 0. The molecule has 3 heteroatoms. The number of hydrogen-bond donors (Lipinski definition) is 1. The Balaban J connectivity index is 0.000000250. The van der Waals surface area contributed by atoms with Crippen LogP contribution in [0.3, 0.4) is 0 Å². The molecule has 0 bridgehead atoms. The van der Waals surface area contributed by atoms with Crippen LogP contribution in [0.1, 0.15) is 0 Å². The SMILES string of the molecule is C1=NCCN1.Cl. The van der Waals surface area contributed by atoms with Gasteiger partial charge in [-0.25, -0.2) is 0 Å². The summed E-state index contributed by atoms with van der Waals surface area (Å²) in [5.74, 6) is 0. The van der Waals surface area contributed by atoms with Crippen molar-refractivity contribution in [2.24, 2.45) is 4.99 Å². The summed E-state index contributed by atoms with van der Waals surface area (Å²) in [7, 11) is 0. The Labute approximate surface area is 43.1 Å². The Hall–Kier alpha value is -0.240. The van der Waals surface area contributed by atoms with Crippen molar-refractivity contribution in [1.82, 2.24) is 5.32 Å². The van der Waals surface area contributed by atoms with E-state index in [0.717, 1.165) is 13.1 Å². The quantitative estimate of drug-likeness (QED) is 0.463. The van der Waals surface area contributed by atoms with Gasteiger partial charge in [-0.15, -0.1) is 12.4 Å². The highest BCUT2D eigenvalue weighted by atomic mass is 35.5. The summed E-state index contributed by atoms with van der Waals surface area (Å²) in [6.07, 6.45) is 1.74. The zero-order valence-electron chi connectivity index (χ0n) is 3.35. The molecule has 2 nitrogen and oxygen atoms in total. The highest BCUT2D eigenvalue weighted by Gasteiger charge is 1.82. The maximum atomic E-state index is 3.85. The number of halogens is 1. The molecule has 0 unspecified atom stereocenters. The predicted molar refractivity (Wildman–Crippen MR) is 28.6 cm³/mol. The van der Waals surface area contributed by atoms with Crippen molar-refractivity contribution >= 4 is 18.7 Å². The van der Waals surface area contributed by atoms with Gasteiger partial charge in [0.05, 0.1) is 12.9 Å². The number of aliphatic imine (C=N–C) groups is 1. The van der Waals surface area contributed by atoms with Gasteiger partial charge in [0.25, 0.3) is 0 Å². The molecule has 0 aromatic rings. The Morgan fingerprint density at radius 1 is 1.67 bits per heavy atom. The third-order valence-corrected chi connectivity index (χ3v) is 0.568. The van der Waals surface area contributed by atoms with Gasteiger partial charge in [0, 0.05) is 6.54 Å². The van der Waals surface area contributed by atoms with Crippen molar-refractivity contribution in [1.29, 1.82) is 0 Å². The van der Waals surface area contributed by atoms with Crippen LogP contribution in [-0.2, 0) is 0 Å². The lowest BCUT2D eigenvalue weighted by Crippen LogP contribution is -2.04. The zero-order valence-corrected chi connectivity index (χ0v) is 4.16. The molecule has 0 saturated heterocycles. The minimum Gasteiger partial charge on any atom is -0.375 e. The van der Waals surface area contributed by atoms with Crippen LogP contribution in [-0.4, -0.2) is 19.4 Å². The molecule has 1 rings (SSSR count). The molecule has 1 heterocycles. The largest absolute Gasteiger partial charge is 0.375 e. The number of rotatable bonds is 0. The third kappa shape index (κ3) is 1.26. The third-order valence-electron chi connectivity index (χ3n) is 0.568. The van der Waals surface area contributed by atoms with Gasteiger partial charge >= 0.3 is 0 Å². The standard InChI is InChI=1S/C3H6N2.ClH/c1-2-5-3-4-1;/h3H,1-2H2,(H,4,5);1H. The van der Waals surface area contributed by atoms with E-state index in [2.05, 4.69) is 10.3 Å². The summed E-state index contributed by atoms with van der Waals surface area (Å²) < 4.78 is 0. The fourth-order valence-electron chi connectivity index (χ4n) is 0.323. The van der Waals surface area contributed by atoms with Gasteiger partial charge in [0.1, 0.15) is 0 Å². The molecule has 6 heavy (non-hydrogen) atoms. The van der Waals surface area contributed by atoms with Gasteiger partial charge in [0.2, 0.25) is 0 Å². The lowest BCUT2D eigenvalue weighted by molar-refractivity contribution is 0.965. The van der Waals surface area contributed by atoms with E-state index in [0.29, 0.717) is 0 Å². The van der Waals surface area contributed by atoms with Crippen LogP contribution >= 0.6 is 12.4 Å². The van der Waals surface area contributed by atoms with Crippen LogP contribution in [0.2, 0.25) is 0 Å². The summed E-state index contributed by atoms with van der Waals surface area (Å²) >= 11 is 0. The van der Waals surface area contributed by atoms with Crippen molar-refractivity contribution in [3.8, 4) is 0 Å². The molecule has 1 N–H and O–H groups in total. The van der Waals surface area contributed by atoms with E-state index < -0.39 is 0 Å². The second-order valence-electron chi connectivity index (χ2n) is 0.989. The van der Waals surface area contributed by atoms with Crippen LogP contribution in [0.25, 0.3) is 0 Å². The van der Waals surface area contributed by atoms with Crippen LogP contribution in [0.5, 0.6) is 0 Å². The smallest absolute Gasteiger partial charge is 0.0825 e. The van der Waals surface area contributed by atoms with Gasteiger partial charge < -0.3 is 5.32 Å². The van der Waals surface area contributed by atoms with Crippen LogP contribution in [0, 0.1) is 0 Å². The van der Waals surface area contributed by atoms with E-state index in [-0.39, 0.29) is 12.4 Å². The van der Waals surface area contributed by atoms with Gasteiger partial charge in [-0.1, -0.05) is 0 Å². The maximum absolute atomic E-state index is 3.85. The van der Waals surface area contributed by atoms with Gasteiger partial charge in [-0.05, 0) is 0 Å². The van der Waals surface area contributed by atoms with Crippen LogP contribution in [0.15, 0.2) is 4.99 Å². The minimum absolute atomic E-state index is 0. The van der Waals surface area contributed by atoms with Crippen molar-refractivity contribution < 1.29 is 0 Å². The second kappa shape index (κ2) is 2.97. The van der Waals surface area contributed by atoms with Crippen molar-refractivity contribution in [3.63, 3.8) is 0 Å². The first-order chi connectivity index (χ1) is 2.50. The lowest BCUT2D eigenvalue weighted by atomic mass is 10.7. The van der Waals surface area contributed by atoms with E-state index in [4.69, 9.17) is 0 Å². The first-order valence-electron chi connectivity index (χ1n) is 1.72. The second-order valence-corrected chi connectivity index (χ2v) is 0.989. The summed E-state index contributed by atoms with van der Waals surface area (Å²) in [5, 5.41) is 2.93. The molecule has 0 radical (unpaired) electrons. The molecule has 0 aromatic carbocycles. The minimum atomic E-state index is 0. The van der Waals surface area contributed by atoms with E-state index in [1.54, 1.807) is 6.34 Å². The van der Waals surface area contributed by atoms with E-state index in [9.17, 15) is 0 Å². The molecule has 0 saturated carbocycles. The van der Waals surface area contributed by atoms with E-state index in [1.807, 2.05) is 0 Å². The zero-order chi connectivity index (χ0) is 3.54. The summed E-state index contributed by atoms with van der Waals surface area (Å²) in [4.78, 5) is 3.85. The van der Waals surface area contributed by atoms with Gasteiger partial charge in [-0.2, -0.15) is 0 Å². The summed E-state index contributed by atoms with van der Waals surface area (Å²) in [6.45, 7) is 1.99. The average molecular weight is 107 g/mol. The molecule has 0 amide bonds. The highest BCUT2D eigenvalue weighted by Crippen LogP contribution is 1.68. The molecule has 0 spiro atoms. The maximum Gasteiger partial charge on any atom is 0.0825 e. The lowest BCUT2D eigenvalue weighted by Gasteiger charge is -1.75. The Morgan fingerprint density at radius 3 is 2.67 bits per heavy atom. The number of nitrogens with one attached hydrogen (secondary N) is 1. The summed E-state index contributed by atoms with van der Waals surface area (Å²) in [6, 6.07) is 0. The number of nitrogens with zero attached hydrogens (tertiary/aromatic N) is 1. The first kappa shape index (κ1) is 5.76. The molecular formula is C3H7ClN2. The van der Waals surface area contributed by atoms with Gasteiger partial charge in [-0.3, -0.25) is 4.99 Å². The fraction of sp³-hybridized carbons (Fsp3) is 0.667. The highest BCUT2D eigenvalue weighted by molar-refractivity contribution is 5.85. The van der Waals surface area contributed by atoms with E-state index in [1.165, 1.54) is 0 Å². The Kier molecular flexibility index (Phi) is 2.85.